The minimum Gasteiger partial charge on any atom is -0.494 e. The van der Waals surface area contributed by atoms with Crippen LogP contribution in [0.4, 0.5) is 11.4 Å². The number of hydrogen-bond donors (Lipinski definition) is 3. The van der Waals surface area contributed by atoms with E-state index >= 15 is 0 Å². The van der Waals surface area contributed by atoms with Crippen molar-refractivity contribution in [2.75, 3.05) is 49.2 Å². The molecule has 10 rings (SSSR count). The van der Waals surface area contributed by atoms with Gasteiger partial charge in [0.25, 0.3) is 5.17 Å². The largest absolute Gasteiger partial charge is 0.494 e. The zero-order valence-corrected chi connectivity index (χ0v) is 61.0. The molecule has 0 saturated heterocycles. The summed E-state index contributed by atoms with van der Waals surface area (Å²) in [5.41, 5.74) is 6.94. The van der Waals surface area contributed by atoms with Gasteiger partial charge in [-0.05, 0) is 247 Å². The molecule has 1 heterocycles. The van der Waals surface area contributed by atoms with Gasteiger partial charge in [0.2, 0.25) is 21.2 Å². The third-order valence-corrected chi connectivity index (χ3v) is 20.4. The molecule has 4 unspecified atom stereocenters. The maximum absolute atomic E-state index is 13.7. The van der Waals surface area contributed by atoms with E-state index in [1.54, 1.807) is 58.0 Å². The molecule has 1 aromatic heterocycles. The Hall–Kier alpha value is -7.44. The molecule has 2 saturated carbocycles. The zero-order chi connectivity index (χ0) is 69.2. The van der Waals surface area contributed by atoms with Gasteiger partial charge in [-0.1, -0.05) is 116 Å². The third kappa shape index (κ3) is 20.1. The molecule has 3 aliphatic carbocycles. The number of thiocarbonyl (C=S) groups is 1. The number of ether oxygens (including phenoxy) is 4. The highest BCUT2D eigenvalue weighted by atomic mass is 35.5. The highest BCUT2D eigenvalue weighted by Gasteiger charge is 2.39. The Bertz CT molecular complexity index is 3770. The average molecular weight is 1390 g/mol. The summed E-state index contributed by atoms with van der Waals surface area (Å²) in [5, 5.41) is 20.1. The SMILES string of the molecule is CCC(C)(Oc1ccc(C2(c3ccc(OC(C)(CC)C(=O)O)cc3)CCCCC2)cc1)C(=O)O.CCCCc1oc2ccc(NS(C)(=O)=O)cc2c1C(=O)c1ccc(OCCCN(CCCC)CCCC)cc1.Cc1cccc(N(C)C(=S)Oc2ccc3c(c2)C2CCC3C2)c1.Cl. The molecule has 0 radical (unpaired) electrons. The van der Waals surface area contributed by atoms with E-state index in [1.165, 1.54) is 79.2 Å². The molecule has 2 bridgehead atoms. The standard InChI is InChI=1S/C31H44N2O5S.C28H36O6.C20H21NOS.ClH/c1-5-8-12-29-30(27-23-25(32-39(4,35)36)15-18-28(27)38-29)31(34)24-13-16-26(17-14-24)37-22-11-21-33(19-9-6-2)20-10-7-3;1-5-26(3,24(29)30)33-22-14-10-20(11-15-22)28(18-8-7-9-19-28)21-12-16-23(17-13-21)34-27(4,6-2)25(31)32;1-13-4-3-5-16(10-13)21(2)20(23)22-17-8-9-18-14-6-7-15(11-14)19(18)12-17;/h13-18,23,32H,5-12,19-22H2,1-4H3;10-17H,5-9,18-19H2,1-4H3,(H,29,30)(H,31,32);3-5,8-10,12,14-15H,6-7,11H2,1-2H3;1H. The fourth-order valence-corrected chi connectivity index (χ4v) is 14.0. The van der Waals surface area contributed by atoms with Crippen LogP contribution in [0.3, 0.4) is 0 Å². The van der Waals surface area contributed by atoms with Crippen LogP contribution in [0.15, 0.2) is 138 Å². The summed E-state index contributed by atoms with van der Waals surface area (Å²) in [6.45, 7) is 19.3. The number of fused-ring (bicyclic) bond motifs is 6. The van der Waals surface area contributed by atoms with Crippen molar-refractivity contribution >= 4 is 79.9 Å². The van der Waals surface area contributed by atoms with E-state index in [-0.39, 0.29) is 23.6 Å². The number of aliphatic carboxylic acids is 2. The monoisotopic (exact) mass is 1380 g/mol. The molecule has 2 fully saturated rings. The summed E-state index contributed by atoms with van der Waals surface area (Å²) in [6, 6.07) is 42.7. The van der Waals surface area contributed by atoms with E-state index < -0.39 is 33.2 Å². The smallest absolute Gasteiger partial charge is 0.347 e. The first-order chi connectivity index (χ1) is 45.9. The van der Waals surface area contributed by atoms with E-state index in [0.29, 0.717) is 76.1 Å². The maximum Gasteiger partial charge on any atom is 0.347 e. The number of nitrogens with zero attached hydrogens (tertiary/aromatic N) is 2. The summed E-state index contributed by atoms with van der Waals surface area (Å²) in [4.78, 5) is 41.3. The molecule has 3 aliphatic rings. The summed E-state index contributed by atoms with van der Waals surface area (Å²) in [6.07, 6.45) is 19.6. The number of sulfonamides is 1. The lowest BCUT2D eigenvalue weighted by Gasteiger charge is -2.39. The molecule has 524 valence electrons. The van der Waals surface area contributed by atoms with Gasteiger partial charge >= 0.3 is 11.9 Å². The lowest BCUT2D eigenvalue weighted by molar-refractivity contribution is -0.154. The minimum absolute atomic E-state index is 0. The fourth-order valence-electron chi connectivity index (χ4n) is 13.2. The number of unbranched alkanes of at least 4 members (excludes halogenated alkanes) is 3. The van der Waals surface area contributed by atoms with Crippen molar-refractivity contribution in [3.05, 3.63) is 178 Å². The van der Waals surface area contributed by atoms with E-state index in [1.807, 2.05) is 84.7 Å². The molecule has 4 atom stereocenters. The molecular weight excluding hydrogens is 1280 g/mol. The van der Waals surface area contributed by atoms with Gasteiger partial charge in [-0.2, -0.15) is 0 Å². The molecule has 18 heteroatoms. The number of carbonyl (C=O) groups is 3. The van der Waals surface area contributed by atoms with E-state index in [9.17, 15) is 33.0 Å². The van der Waals surface area contributed by atoms with Crippen LogP contribution in [0.5, 0.6) is 23.0 Å². The van der Waals surface area contributed by atoms with Crippen molar-refractivity contribution in [2.45, 2.75) is 199 Å². The highest BCUT2D eigenvalue weighted by molar-refractivity contribution is 7.92. The first-order valence-corrected chi connectivity index (χ1v) is 37.0. The lowest BCUT2D eigenvalue weighted by atomic mass is 9.65. The maximum atomic E-state index is 13.7. The quantitative estimate of drug-likeness (QED) is 0.0218. The molecule has 0 amide bonds. The Kier molecular flexibility index (Phi) is 28.0. The number of aryl methyl sites for hydroxylation is 2. The van der Waals surface area contributed by atoms with Gasteiger partial charge < -0.3 is 43.4 Å². The number of anilines is 2. The predicted octanol–water partition coefficient (Wildman–Crippen LogP) is 18.8. The van der Waals surface area contributed by atoms with Crippen molar-refractivity contribution in [2.24, 2.45) is 0 Å². The van der Waals surface area contributed by atoms with Gasteiger partial charge in [-0.15, -0.1) is 12.4 Å². The first kappa shape index (κ1) is 76.9. The second-order valence-electron chi connectivity index (χ2n) is 26.6. The van der Waals surface area contributed by atoms with Gasteiger partial charge in [0.1, 0.15) is 34.3 Å². The number of hydrogen-bond acceptors (Lipinski definition) is 12. The number of benzene rings is 6. The fraction of sp³-hybridized carbons (Fsp3) is 0.468. The van der Waals surface area contributed by atoms with Gasteiger partial charge in [-0.25, -0.2) is 18.0 Å². The van der Waals surface area contributed by atoms with Crippen LogP contribution in [0.25, 0.3) is 11.0 Å². The van der Waals surface area contributed by atoms with Crippen molar-refractivity contribution < 1.29 is 56.4 Å². The van der Waals surface area contributed by atoms with Gasteiger partial charge in [0, 0.05) is 47.8 Å². The number of carbonyl (C=O) groups excluding carboxylic acids is 1. The summed E-state index contributed by atoms with van der Waals surface area (Å²) < 4.78 is 55.6. The van der Waals surface area contributed by atoms with E-state index in [4.69, 9.17) is 35.6 Å². The lowest BCUT2D eigenvalue weighted by Crippen LogP contribution is -2.40. The van der Waals surface area contributed by atoms with Crippen molar-refractivity contribution in [1.29, 1.82) is 0 Å². The van der Waals surface area contributed by atoms with Crippen LogP contribution in [0.2, 0.25) is 0 Å². The number of halogens is 1. The summed E-state index contributed by atoms with van der Waals surface area (Å²) in [5.74, 6) is 2.72. The second-order valence-corrected chi connectivity index (χ2v) is 28.7. The number of carboxylic acids is 2. The summed E-state index contributed by atoms with van der Waals surface area (Å²) >= 11 is 5.48. The Morgan fingerprint density at radius 2 is 1.22 bits per heavy atom. The molecule has 3 N–H and O–H groups in total. The minimum atomic E-state index is -3.45. The Morgan fingerprint density at radius 1 is 0.670 bits per heavy atom. The predicted molar refractivity (Wildman–Crippen MR) is 396 cm³/mol. The number of rotatable bonds is 30. The van der Waals surface area contributed by atoms with Crippen LogP contribution in [-0.2, 0) is 31.4 Å². The highest BCUT2D eigenvalue weighted by Crippen LogP contribution is 2.54. The van der Waals surface area contributed by atoms with Gasteiger partial charge in [0.05, 0.1) is 18.4 Å². The molecule has 0 aliphatic heterocycles. The number of nitrogens with one attached hydrogen (secondary N) is 1. The van der Waals surface area contributed by atoms with Crippen LogP contribution < -0.4 is 28.6 Å². The van der Waals surface area contributed by atoms with Crippen LogP contribution in [-0.4, -0.2) is 97.2 Å². The average Bonchev–Trinajstić information content (AvgIpc) is 1.56. The van der Waals surface area contributed by atoms with Crippen molar-refractivity contribution in [1.82, 2.24) is 4.90 Å². The summed E-state index contributed by atoms with van der Waals surface area (Å²) in [7, 11) is -1.50. The molecule has 15 nitrogen and oxygen atoms in total. The van der Waals surface area contributed by atoms with Gasteiger partial charge in [0.15, 0.2) is 5.78 Å². The molecule has 7 aromatic rings. The van der Waals surface area contributed by atoms with Gasteiger partial charge in [-0.3, -0.25) is 9.52 Å². The van der Waals surface area contributed by atoms with Crippen molar-refractivity contribution in [3.63, 3.8) is 0 Å². The zero-order valence-electron chi connectivity index (χ0n) is 58.5. The van der Waals surface area contributed by atoms with E-state index in [0.717, 1.165) is 99.9 Å². The van der Waals surface area contributed by atoms with Crippen LogP contribution in [0, 0.1) is 6.92 Å². The molecular formula is C79H102ClN3O12S2. The molecule has 0 spiro atoms. The second kappa shape index (κ2) is 35.4. The Balaban J connectivity index is 0.000000210. The van der Waals surface area contributed by atoms with Crippen molar-refractivity contribution in [3.8, 4) is 23.0 Å². The molecule has 6 aromatic carbocycles. The Labute approximate surface area is 587 Å². The molecule has 97 heavy (non-hydrogen) atoms. The number of furan rings is 1. The first-order valence-electron chi connectivity index (χ1n) is 34.7. The Morgan fingerprint density at radius 3 is 1.75 bits per heavy atom. The van der Waals surface area contributed by atoms with Crippen LogP contribution in [0.1, 0.15) is 219 Å². The normalized spacial score (nSPS) is 16.4. The number of carboxylic acid groups (broad SMARTS) is 2. The number of ketones is 1. The van der Waals surface area contributed by atoms with E-state index in [2.05, 4.69) is 67.6 Å². The topological polar surface area (TPSA) is 194 Å². The third-order valence-electron chi connectivity index (χ3n) is 19.4. The van der Waals surface area contributed by atoms with Crippen LogP contribution >= 0.6 is 24.6 Å².